The average molecular weight is 948 g/mol. The fourth-order valence-corrected chi connectivity index (χ4v) is 12.7. The van der Waals surface area contributed by atoms with Crippen LogP contribution in [-0.4, -0.2) is 118 Å². The number of hydrogen-bond acceptors (Lipinski definition) is 13. The first-order valence-electron chi connectivity index (χ1n) is 23.9. The Morgan fingerprint density at radius 3 is 2.51 bits per heavy atom. The molecule has 1 aromatic heterocycles. The lowest BCUT2D eigenvalue weighted by molar-refractivity contribution is -0.255. The van der Waals surface area contributed by atoms with E-state index in [0.29, 0.717) is 49.4 Å². The number of nitrogens with zero attached hydrogens (tertiary/aromatic N) is 2. The van der Waals surface area contributed by atoms with E-state index >= 15 is 4.79 Å². The first-order chi connectivity index (χ1) is 31.1. The number of carbonyl (C=O) groups excluding carboxylic acids is 2. The van der Waals surface area contributed by atoms with Crippen LogP contribution in [0, 0.1) is 36.4 Å². The van der Waals surface area contributed by atoms with Crippen molar-refractivity contribution >= 4 is 34.7 Å². The molecule has 362 valence electrons. The molecule has 2 saturated heterocycles. The van der Waals surface area contributed by atoms with E-state index in [4.69, 9.17) is 54.5 Å². The molecule has 16 atom stereocenters. The van der Waals surface area contributed by atoms with Crippen molar-refractivity contribution in [3.63, 3.8) is 0 Å². The second-order valence-corrected chi connectivity index (χ2v) is 20.9. The summed E-state index contributed by atoms with van der Waals surface area (Å²) >= 11 is 8.11. The number of ketones is 1. The van der Waals surface area contributed by atoms with Crippen LogP contribution in [0.3, 0.4) is 0 Å². The quantitative estimate of drug-likeness (QED) is 0.118. The van der Waals surface area contributed by atoms with E-state index in [9.17, 15) is 9.18 Å². The lowest BCUT2D eigenvalue weighted by Gasteiger charge is -2.41. The summed E-state index contributed by atoms with van der Waals surface area (Å²) in [7, 11) is 6.97. The number of aryl methyl sites for hydroxylation is 1. The largest absolute Gasteiger partial charge is 0.462 e. The van der Waals surface area contributed by atoms with E-state index in [1.165, 1.54) is 17.0 Å². The SMILES string of the molecule is CC[C@H]1CCC[C@H](O[C@H]2CC[C@H](N(C)Cc3ccc(F)cc3Cl)C(C)O2)[C@@H](C)C(=O)C2=C[C@H]3[C@@H]4C[C@H](OC(OC(C)[C@@H](C)OC)[C@H](COC)OC)C[C@H]4c4sc(C)nc4[C@H]3[C@@H]2CC(=O)O1. The fourth-order valence-electron chi connectivity index (χ4n) is 11.3. The van der Waals surface area contributed by atoms with Crippen LogP contribution in [0.4, 0.5) is 4.39 Å². The Morgan fingerprint density at radius 2 is 1.82 bits per heavy atom. The van der Waals surface area contributed by atoms with Crippen molar-refractivity contribution < 1.29 is 51.9 Å². The minimum absolute atomic E-state index is 0.0144. The molecule has 2 aromatic rings. The van der Waals surface area contributed by atoms with Gasteiger partial charge in [-0.25, -0.2) is 9.37 Å². The maximum atomic E-state index is 15.2. The van der Waals surface area contributed by atoms with Crippen LogP contribution >= 0.6 is 22.9 Å². The molecule has 3 unspecified atom stereocenters. The Labute approximate surface area is 394 Å². The van der Waals surface area contributed by atoms with Crippen molar-refractivity contribution in [3.8, 4) is 0 Å². The van der Waals surface area contributed by atoms with Gasteiger partial charge in [0.1, 0.15) is 18.0 Å². The smallest absolute Gasteiger partial charge is 0.306 e. The molecule has 65 heavy (non-hydrogen) atoms. The van der Waals surface area contributed by atoms with Gasteiger partial charge in [-0.1, -0.05) is 37.6 Å². The number of likely N-dealkylation sites (N-methyl/N-ethyl adjacent to an activating group) is 1. The second-order valence-electron chi connectivity index (χ2n) is 19.2. The molecule has 0 amide bonds. The maximum Gasteiger partial charge on any atom is 0.306 e. The lowest BCUT2D eigenvalue weighted by Crippen LogP contribution is -2.48. The van der Waals surface area contributed by atoms with E-state index < -0.39 is 30.7 Å². The molecule has 0 N–H and O–H groups in total. The number of thiazole rings is 1. The van der Waals surface area contributed by atoms with Crippen LogP contribution in [0.25, 0.3) is 0 Å². The van der Waals surface area contributed by atoms with Crippen molar-refractivity contribution in [3.05, 3.63) is 61.8 Å². The molecule has 15 heteroatoms. The van der Waals surface area contributed by atoms with Gasteiger partial charge < -0.3 is 37.9 Å². The van der Waals surface area contributed by atoms with Crippen LogP contribution < -0.4 is 0 Å². The summed E-state index contributed by atoms with van der Waals surface area (Å²) in [6.07, 6.45) is 5.04. The molecular weight excluding hydrogens is 875 g/mol. The minimum Gasteiger partial charge on any atom is -0.462 e. The number of Topliss-reactive ketones (excluding diaryl/α,β-unsaturated/α-hetero) is 1. The molecule has 7 rings (SSSR count). The summed E-state index contributed by atoms with van der Waals surface area (Å²) in [5.74, 6) is -1.32. The highest BCUT2D eigenvalue weighted by atomic mass is 35.5. The first-order valence-corrected chi connectivity index (χ1v) is 25.1. The maximum absolute atomic E-state index is 15.2. The van der Waals surface area contributed by atoms with Gasteiger partial charge in [-0.15, -0.1) is 11.3 Å². The van der Waals surface area contributed by atoms with E-state index in [1.807, 2.05) is 34.7 Å². The molecule has 1 saturated carbocycles. The van der Waals surface area contributed by atoms with E-state index in [2.05, 4.69) is 24.8 Å². The average Bonchev–Trinajstić information content (AvgIpc) is 3.99. The van der Waals surface area contributed by atoms with Crippen molar-refractivity contribution in [1.29, 1.82) is 0 Å². The highest BCUT2D eigenvalue weighted by Gasteiger charge is 2.56. The van der Waals surface area contributed by atoms with Gasteiger partial charge in [0.05, 0.1) is 54.2 Å². The molecule has 5 aliphatic rings. The zero-order chi connectivity index (χ0) is 46.7. The monoisotopic (exact) mass is 946 g/mol. The standard InChI is InChI=1S/C50H72ClFN2O10S/c1-11-33-13-12-14-42(64-45-18-17-41(29(5)60-45)54(7)24-31-15-16-32(52)19-40(31)51)26(2)48(56)38-22-36-35-20-34(63-50(43(59-10)25-57-8)61-28(4)27(3)58-9)21-39(35)49-47(53-30(6)65-49)46(36)37(38)23-44(55)62-33/h15-16,19,22,26-29,33-37,39,41-43,45-46,50H,11-14,17-18,20-21,23-25H2,1-10H3/t26-,27-,28?,29?,33+,34+,35+,36+,37-,39-,41+,42+,43+,45+,46-,50?/m1/s1. The van der Waals surface area contributed by atoms with E-state index in [-0.39, 0.29) is 90.1 Å². The predicted molar refractivity (Wildman–Crippen MR) is 246 cm³/mol. The number of aromatic nitrogens is 1. The van der Waals surface area contributed by atoms with Crippen LogP contribution in [0.5, 0.6) is 0 Å². The lowest BCUT2D eigenvalue weighted by atomic mass is 9.67. The van der Waals surface area contributed by atoms with Gasteiger partial charge in [0.25, 0.3) is 0 Å². The molecular formula is C50H72ClFN2O10S. The summed E-state index contributed by atoms with van der Waals surface area (Å²) in [6.45, 7) is 12.9. The number of esters is 1. The Balaban J connectivity index is 1.13. The second kappa shape index (κ2) is 22.4. The summed E-state index contributed by atoms with van der Waals surface area (Å²) in [5, 5.41) is 1.38. The summed E-state index contributed by atoms with van der Waals surface area (Å²) < 4.78 is 63.8. The van der Waals surface area contributed by atoms with Crippen molar-refractivity contribution in [1.82, 2.24) is 9.88 Å². The summed E-state index contributed by atoms with van der Waals surface area (Å²) in [6, 6.07) is 4.61. The highest BCUT2D eigenvalue weighted by Crippen LogP contribution is 2.62. The molecule has 3 fully saturated rings. The topological polar surface area (TPSA) is 124 Å². The number of carbonyl (C=O) groups is 2. The number of methoxy groups -OCH3 is 3. The van der Waals surface area contributed by atoms with Crippen LogP contribution in [0.2, 0.25) is 5.02 Å². The molecule has 0 bridgehead atoms. The Kier molecular flexibility index (Phi) is 17.4. The molecule has 12 nitrogen and oxygen atoms in total. The van der Waals surface area contributed by atoms with Crippen molar-refractivity contribution in [2.24, 2.45) is 23.7 Å². The molecule has 2 aliphatic heterocycles. The van der Waals surface area contributed by atoms with Gasteiger partial charge >= 0.3 is 5.97 Å². The zero-order valence-corrected chi connectivity index (χ0v) is 41.5. The third-order valence-electron chi connectivity index (χ3n) is 15.1. The van der Waals surface area contributed by atoms with Gasteiger partial charge in [0.2, 0.25) is 0 Å². The first kappa shape index (κ1) is 50.5. The molecule has 3 heterocycles. The highest BCUT2D eigenvalue weighted by molar-refractivity contribution is 7.11. The Hall–Kier alpha value is -2.37. The number of benzene rings is 1. The van der Waals surface area contributed by atoms with E-state index in [1.54, 1.807) is 38.7 Å². The molecule has 0 radical (unpaired) electrons. The summed E-state index contributed by atoms with van der Waals surface area (Å²) in [5.41, 5.74) is 2.55. The van der Waals surface area contributed by atoms with Crippen LogP contribution in [0.1, 0.15) is 125 Å². The van der Waals surface area contributed by atoms with Gasteiger partial charge in [0, 0.05) is 67.5 Å². The Morgan fingerprint density at radius 1 is 1.03 bits per heavy atom. The van der Waals surface area contributed by atoms with Crippen molar-refractivity contribution in [2.45, 2.75) is 179 Å². The zero-order valence-electron chi connectivity index (χ0n) is 40.0. The number of ether oxygens (including phenoxy) is 8. The number of halogens is 2. The number of rotatable bonds is 16. The predicted octanol–water partition coefficient (Wildman–Crippen LogP) is 9.33. The van der Waals surface area contributed by atoms with Gasteiger partial charge in [-0.05, 0) is 121 Å². The van der Waals surface area contributed by atoms with Gasteiger partial charge in [-0.3, -0.25) is 14.5 Å². The number of hydrogen-bond donors (Lipinski definition) is 0. The van der Waals surface area contributed by atoms with Crippen LogP contribution in [0.15, 0.2) is 29.8 Å². The third-order valence-corrected chi connectivity index (χ3v) is 16.6. The summed E-state index contributed by atoms with van der Waals surface area (Å²) in [4.78, 5) is 37.8. The van der Waals surface area contributed by atoms with E-state index in [0.717, 1.165) is 41.9 Å². The number of cyclic esters (lactones) is 1. The molecule has 0 spiro atoms. The van der Waals surface area contributed by atoms with Gasteiger partial charge in [-0.2, -0.15) is 0 Å². The number of fused-ring (bicyclic) bond motifs is 8. The normalized spacial score (nSPS) is 33.7. The van der Waals surface area contributed by atoms with Gasteiger partial charge in [0.15, 0.2) is 18.4 Å². The molecule has 3 aliphatic carbocycles. The van der Waals surface area contributed by atoms with Crippen LogP contribution in [-0.2, 0) is 54.0 Å². The minimum atomic E-state index is -0.697. The fraction of sp³-hybridized carbons (Fsp3) is 0.740. The third kappa shape index (κ3) is 11.4. The molecule has 1 aromatic carbocycles. The van der Waals surface area contributed by atoms with Crippen molar-refractivity contribution in [2.75, 3.05) is 35.0 Å². The number of allylic oxidation sites excluding steroid dienone is 2. The Bertz CT molecular complexity index is 1970.